The first-order valence-electron chi connectivity index (χ1n) is 9.05. The summed E-state index contributed by atoms with van der Waals surface area (Å²) in [6, 6.07) is 8.62. The largest absolute Gasteiger partial charge is 0.490 e. The fraction of sp³-hybridized carbons (Fsp3) is 0.263. The molecule has 2 aromatic rings. The zero-order valence-corrected chi connectivity index (χ0v) is 17.4. The fourth-order valence-electron chi connectivity index (χ4n) is 2.71. The lowest BCUT2D eigenvalue weighted by Gasteiger charge is -2.11. The van der Waals surface area contributed by atoms with Crippen LogP contribution in [0.15, 0.2) is 41.3 Å². The number of primary amides is 1. The van der Waals surface area contributed by atoms with Crippen molar-refractivity contribution in [2.75, 3.05) is 25.1 Å². The molecule has 0 fully saturated rings. The second kappa shape index (κ2) is 9.33. The molecule has 2 amide bonds. The van der Waals surface area contributed by atoms with Gasteiger partial charge in [-0.05, 0) is 30.3 Å². The van der Waals surface area contributed by atoms with Crippen LogP contribution in [0, 0.1) is 0 Å². The monoisotopic (exact) mass is 453 g/mol. The standard InChI is InChI=1S/C19H20ClN3O6S/c20-15-10-12(2-4-14(15)19(21)25)23-18(24)6-7-22-30(26,27)13-3-5-16-17(11-13)29-9-1-8-28-16/h2-5,10-11,22H,1,6-9H2,(H2,21,25)(H,23,24). The number of benzene rings is 2. The summed E-state index contributed by atoms with van der Waals surface area (Å²) in [6.45, 7) is 0.827. The van der Waals surface area contributed by atoms with Gasteiger partial charge in [-0.1, -0.05) is 11.6 Å². The summed E-state index contributed by atoms with van der Waals surface area (Å²) in [7, 11) is -3.83. The van der Waals surface area contributed by atoms with Crippen molar-refractivity contribution < 1.29 is 27.5 Å². The molecule has 0 unspecified atom stereocenters. The minimum absolute atomic E-state index is 0.0148. The van der Waals surface area contributed by atoms with Gasteiger partial charge in [0.15, 0.2) is 11.5 Å². The number of carbonyl (C=O) groups is 2. The predicted molar refractivity (Wildman–Crippen MR) is 110 cm³/mol. The maximum atomic E-state index is 12.5. The molecule has 0 radical (unpaired) electrons. The Hall–Kier alpha value is -2.82. The molecule has 9 nitrogen and oxygen atoms in total. The maximum absolute atomic E-state index is 12.5. The molecular formula is C19H20ClN3O6S. The first-order valence-corrected chi connectivity index (χ1v) is 10.9. The Morgan fingerprint density at radius 3 is 2.50 bits per heavy atom. The number of anilines is 1. The molecule has 0 aliphatic carbocycles. The van der Waals surface area contributed by atoms with Gasteiger partial charge < -0.3 is 20.5 Å². The van der Waals surface area contributed by atoms with E-state index in [-0.39, 0.29) is 28.4 Å². The SMILES string of the molecule is NC(=O)c1ccc(NC(=O)CCNS(=O)(=O)c2ccc3c(c2)OCCCO3)cc1Cl. The molecule has 1 heterocycles. The normalized spacial score (nSPS) is 13.4. The van der Waals surface area contributed by atoms with Crippen LogP contribution in [0.3, 0.4) is 0 Å². The van der Waals surface area contributed by atoms with Gasteiger partial charge in [-0.25, -0.2) is 13.1 Å². The van der Waals surface area contributed by atoms with E-state index in [4.69, 9.17) is 26.8 Å². The second-order valence-electron chi connectivity index (χ2n) is 6.41. The van der Waals surface area contributed by atoms with E-state index in [1.54, 1.807) is 6.07 Å². The van der Waals surface area contributed by atoms with Crippen LogP contribution >= 0.6 is 11.6 Å². The average Bonchev–Trinajstić information content (AvgIpc) is 2.92. The highest BCUT2D eigenvalue weighted by Crippen LogP contribution is 2.31. The lowest BCUT2D eigenvalue weighted by atomic mass is 10.2. The molecule has 160 valence electrons. The van der Waals surface area contributed by atoms with E-state index in [1.165, 1.54) is 30.3 Å². The van der Waals surface area contributed by atoms with Gasteiger partial charge in [0.25, 0.3) is 0 Å². The number of nitrogens with two attached hydrogens (primary N) is 1. The number of rotatable bonds is 7. The van der Waals surface area contributed by atoms with E-state index in [0.717, 1.165) is 0 Å². The van der Waals surface area contributed by atoms with Gasteiger partial charge in [0.1, 0.15) is 0 Å². The smallest absolute Gasteiger partial charge is 0.250 e. The third-order valence-corrected chi connectivity index (χ3v) is 5.96. The summed E-state index contributed by atoms with van der Waals surface area (Å²) in [6.07, 6.45) is 0.597. The minimum atomic E-state index is -3.83. The maximum Gasteiger partial charge on any atom is 0.250 e. The number of amides is 2. The number of halogens is 1. The minimum Gasteiger partial charge on any atom is -0.490 e. The van der Waals surface area contributed by atoms with Gasteiger partial charge in [-0.2, -0.15) is 0 Å². The fourth-order valence-corrected chi connectivity index (χ4v) is 4.03. The highest BCUT2D eigenvalue weighted by atomic mass is 35.5. The molecule has 0 saturated heterocycles. The molecule has 0 bridgehead atoms. The average molecular weight is 454 g/mol. The Morgan fingerprint density at radius 2 is 1.80 bits per heavy atom. The molecule has 30 heavy (non-hydrogen) atoms. The Kier molecular flexibility index (Phi) is 6.80. The van der Waals surface area contributed by atoms with E-state index < -0.39 is 21.8 Å². The molecule has 4 N–H and O–H groups in total. The van der Waals surface area contributed by atoms with Crippen LogP contribution < -0.4 is 25.2 Å². The van der Waals surface area contributed by atoms with E-state index >= 15 is 0 Å². The number of nitrogens with one attached hydrogen (secondary N) is 2. The predicted octanol–water partition coefficient (Wildman–Crippen LogP) is 1.91. The highest BCUT2D eigenvalue weighted by Gasteiger charge is 2.19. The van der Waals surface area contributed by atoms with Crippen molar-refractivity contribution in [1.82, 2.24) is 4.72 Å². The van der Waals surface area contributed by atoms with Crippen LogP contribution in [-0.2, 0) is 14.8 Å². The quantitative estimate of drug-likeness (QED) is 0.585. The Morgan fingerprint density at radius 1 is 1.07 bits per heavy atom. The molecule has 11 heteroatoms. The third kappa shape index (κ3) is 5.41. The van der Waals surface area contributed by atoms with Crippen molar-refractivity contribution in [3.63, 3.8) is 0 Å². The second-order valence-corrected chi connectivity index (χ2v) is 8.59. The number of sulfonamides is 1. The van der Waals surface area contributed by atoms with Gasteiger partial charge in [0, 0.05) is 31.1 Å². The zero-order chi connectivity index (χ0) is 21.7. The Balaban J connectivity index is 1.56. The number of carbonyl (C=O) groups excluding carboxylic acids is 2. The summed E-state index contributed by atoms with van der Waals surface area (Å²) in [5, 5.41) is 2.68. The van der Waals surface area contributed by atoms with Crippen molar-refractivity contribution in [2.45, 2.75) is 17.7 Å². The third-order valence-electron chi connectivity index (χ3n) is 4.19. The molecule has 0 aromatic heterocycles. The molecule has 1 aliphatic rings. The van der Waals surface area contributed by atoms with E-state index in [9.17, 15) is 18.0 Å². The number of hydrogen-bond acceptors (Lipinski definition) is 6. The van der Waals surface area contributed by atoms with Crippen LogP contribution in [0.2, 0.25) is 5.02 Å². The zero-order valence-electron chi connectivity index (χ0n) is 15.8. The van der Waals surface area contributed by atoms with Gasteiger partial charge in [0.05, 0.1) is 28.7 Å². The molecule has 0 saturated carbocycles. The van der Waals surface area contributed by atoms with Crippen molar-refractivity contribution in [3.05, 3.63) is 47.0 Å². The van der Waals surface area contributed by atoms with Gasteiger partial charge in [-0.15, -0.1) is 0 Å². The Bertz CT molecular complexity index is 1070. The number of ether oxygens (including phenoxy) is 2. The molecule has 3 rings (SSSR count). The molecule has 2 aromatic carbocycles. The molecule has 0 atom stereocenters. The number of hydrogen-bond donors (Lipinski definition) is 3. The van der Waals surface area contributed by atoms with Gasteiger partial charge >= 0.3 is 0 Å². The molecule has 0 spiro atoms. The molecular weight excluding hydrogens is 434 g/mol. The van der Waals surface area contributed by atoms with E-state index in [0.29, 0.717) is 36.8 Å². The topological polar surface area (TPSA) is 137 Å². The summed E-state index contributed by atoms with van der Waals surface area (Å²) < 4.78 is 38.3. The highest BCUT2D eigenvalue weighted by molar-refractivity contribution is 7.89. The van der Waals surface area contributed by atoms with E-state index in [1.807, 2.05) is 0 Å². The van der Waals surface area contributed by atoms with Crippen LogP contribution in [0.5, 0.6) is 11.5 Å². The lowest BCUT2D eigenvalue weighted by Crippen LogP contribution is -2.28. The Labute approximate surface area is 178 Å². The first-order chi connectivity index (χ1) is 14.3. The summed E-state index contributed by atoms with van der Waals surface area (Å²) in [5.74, 6) is -0.252. The van der Waals surface area contributed by atoms with Crippen LogP contribution in [0.1, 0.15) is 23.2 Å². The van der Waals surface area contributed by atoms with Crippen LogP contribution in [0.4, 0.5) is 5.69 Å². The van der Waals surface area contributed by atoms with Crippen LogP contribution in [-0.4, -0.2) is 40.0 Å². The van der Waals surface area contributed by atoms with Gasteiger partial charge in [0.2, 0.25) is 21.8 Å². The lowest BCUT2D eigenvalue weighted by molar-refractivity contribution is -0.116. The van der Waals surface area contributed by atoms with Crippen molar-refractivity contribution in [1.29, 1.82) is 0 Å². The van der Waals surface area contributed by atoms with Crippen molar-refractivity contribution >= 4 is 39.1 Å². The molecule has 1 aliphatic heterocycles. The van der Waals surface area contributed by atoms with E-state index in [2.05, 4.69) is 10.0 Å². The summed E-state index contributed by atoms with van der Waals surface area (Å²) >= 11 is 5.94. The summed E-state index contributed by atoms with van der Waals surface area (Å²) in [5.41, 5.74) is 5.67. The first kappa shape index (κ1) is 21.9. The van der Waals surface area contributed by atoms with Crippen LogP contribution in [0.25, 0.3) is 0 Å². The van der Waals surface area contributed by atoms with Crippen molar-refractivity contribution in [3.8, 4) is 11.5 Å². The van der Waals surface area contributed by atoms with Crippen molar-refractivity contribution in [2.24, 2.45) is 5.73 Å². The number of fused-ring (bicyclic) bond motifs is 1. The van der Waals surface area contributed by atoms with Gasteiger partial charge in [-0.3, -0.25) is 9.59 Å². The summed E-state index contributed by atoms with van der Waals surface area (Å²) in [4.78, 5) is 23.3.